The number of aromatic nitrogens is 1. The molecule has 2 aliphatic rings. The van der Waals surface area contributed by atoms with Gasteiger partial charge >= 0.3 is 0 Å². The normalized spacial score (nSPS) is 20.9. The minimum atomic E-state index is -0.304. The quantitative estimate of drug-likeness (QED) is 0.837. The second-order valence-corrected chi connectivity index (χ2v) is 7.81. The van der Waals surface area contributed by atoms with Gasteiger partial charge in [-0.2, -0.15) is 0 Å². The number of benzene rings is 1. The first-order chi connectivity index (χ1) is 13.1. The van der Waals surface area contributed by atoms with Gasteiger partial charge in [0.05, 0.1) is 0 Å². The minimum absolute atomic E-state index is 0.0368. The van der Waals surface area contributed by atoms with Gasteiger partial charge in [-0.05, 0) is 61.9 Å². The molecule has 1 aromatic heterocycles. The highest BCUT2D eigenvalue weighted by atomic mass is 16.2. The van der Waals surface area contributed by atoms with E-state index in [9.17, 15) is 9.59 Å². The molecule has 1 atom stereocenters. The zero-order valence-corrected chi connectivity index (χ0v) is 15.9. The Balaban J connectivity index is 1.51. The van der Waals surface area contributed by atoms with Gasteiger partial charge in [-0.15, -0.1) is 0 Å². The fourth-order valence-electron chi connectivity index (χ4n) is 4.18. The fourth-order valence-corrected chi connectivity index (χ4v) is 4.18. The highest BCUT2D eigenvalue weighted by molar-refractivity contribution is 5.98. The van der Waals surface area contributed by atoms with Crippen molar-refractivity contribution in [2.24, 2.45) is 5.92 Å². The summed E-state index contributed by atoms with van der Waals surface area (Å²) in [6.45, 7) is 4.54. The van der Waals surface area contributed by atoms with Crippen LogP contribution in [0, 0.1) is 5.92 Å². The van der Waals surface area contributed by atoms with Gasteiger partial charge in [0.2, 0.25) is 5.91 Å². The molecule has 0 spiro atoms. The maximum atomic E-state index is 13.2. The van der Waals surface area contributed by atoms with E-state index in [-0.39, 0.29) is 17.9 Å². The topological polar surface area (TPSA) is 45.6 Å². The number of likely N-dealkylation sites (tertiary alicyclic amines) is 2. The van der Waals surface area contributed by atoms with Crippen LogP contribution in [-0.4, -0.2) is 51.9 Å². The zero-order chi connectivity index (χ0) is 18.8. The van der Waals surface area contributed by atoms with E-state index in [0.29, 0.717) is 18.0 Å². The zero-order valence-electron chi connectivity index (χ0n) is 15.9. The highest BCUT2D eigenvalue weighted by Crippen LogP contribution is 2.25. The Morgan fingerprint density at radius 2 is 1.70 bits per heavy atom. The summed E-state index contributed by atoms with van der Waals surface area (Å²) in [7, 11) is 0. The van der Waals surface area contributed by atoms with Gasteiger partial charge in [0.25, 0.3) is 5.91 Å². The molecule has 3 heterocycles. The van der Waals surface area contributed by atoms with Crippen LogP contribution in [-0.2, 0) is 4.79 Å². The molecular weight excluding hydrogens is 338 g/mol. The SMILES string of the molecule is CC1CCN(C(=O)[C@@H]2CCCN2C(=O)c2cccc(-n3cccc3)c2)CC1. The second-order valence-electron chi connectivity index (χ2n) is 7.81. The number of rotatable bonds is 3. The van der Waals surface area contributed by atoms with Crippen LogP contribution in [0.25, 0.3) is 5.69 Å². The van der Waals surface area contributed by atoms with E-state index in [1.807, 2.05) is 58.3 Å². The van der Waals surface area contributed by atoms with Crippen LogP contribution in [0.3, 0.4) is 0 Å². The van der Waals surface area contributed by atoms with Crippen molar-refractivity contribution < 1.29 is 9.59 Å². The molecule has 2 aromatic rings. The van der Waals surface area contributed by atoms with Gasteiger partial charge in [-0.1, -0.05) is 13.0 Å². The van der Waals surface area contributed by atoms with Crippen molar-refractivity contribution in [2.45, 2.75) is 38.6 Å². The number of carbonyl (C=O) groups is 2. The van der Waals surface area contributed by atoms with E-state index >= 15 is 0 Å². The van der Waals surface area contributed by atoms with Crippen LogP contribution in [0.1, 0.15) is 43.0 Å². The molecule has 2 aliphatic heterocycles. The van der Waals surface area contributed by atoms with Crippen LogP contribution >= 0.6 is 0 Å². The Hall–Kier alpha value is -2.56. The predicted octanol–water partition coefficient (Wildman–Crippen LogP) is 3.34. The third-order valence-electron chi connectivity index (χ3n) is 5.89. The molecule has 5 heteroatoms. The maximum Gasteiger partial charge on any atom is 0.254 e. The monoisotopic (exact) mass is 365 g/mol. The molecule has 5 nitrogen and oxygen atoms in total. The summed E-state index contributed by atoms with van der Waals surface area (Å²) in [5.74, 6) is 0.784. The van der Waals surface area contributed by atoms with Crippen molar-refractivity contribution in [3.05, 3.63) is 54.4 Å². The standard InChI is InChI=1S/C22H27N3O2/c1-17-9-14-24(15-10-17)22(27)20-8-5-13-25(20)21(26)18-6-4-7-19(16-18)23-11-2-3-12-23/h2-4,6-7,11-12,16-17,20H,5,8-10,13-15H2,1H3/t20-/m0/s1. The molecule has 0 aliphatic carbocycles. The van der Waals surface area contributed by atoms with E-state index < -0.39 is 0 Å². The van der Waals surface area contributed by atoms with E-state index in [4.69, 9.17) is 0 Å². The summed E-state index contributed by atoms with van der Waals surface area (Å²) in [5, 5.41) is 0. The Bertz CT molecular complexity index is 807. The summed E-state index contributed by atoms with van der Waals surface area (Å²) in [6.07, 6.45) is 7.71. The third kappa shape index (κ3) is 3.64. The molecule has 0 saturated carbocycles. The van der Waals surface area contributed by atoms with Crippen LogP contribution in [0.15, 0.2) is 48.8 Å². The maximum absolute atomic E-state index is 13.2. The van der Waals surface area contributed by atoms with E-state index in [2.05, 4.69) is 6.92 Å². The van der Waals surface area contributed by atoms with Crippen LogP contribution < -0.4 is 0 Å². The van der Waals surface area contributed by atoms with Crippen molar-refractivity contribution in [1.82, 2.24) is 14.4 Å². The second kappa shape index (κ2) is 7.59. The molecule has 0 N–H and O–H groups in total. The summed E-state index contributed by atoms with van der Waals surface area (Å²) >= 11 is 0. The molecule has 1 aromatic carbocycles. The van der Waals surface area contributed by atoms with Crippen molar-refractivity contribution in [3.63, 3.8) is 0 Å². The largest absolute Gasteiger partial charge is 0.341 e. The number of piperidine rings is 1. The minimum Gasteiger partial charge on any atom is -0.341 e. The van der Waals surface area contributed by atoms with Gasteiger partial charge in [0.1, 0.15) is 6.04 Å². The van der Waals surface area contributed by atoms with Crippen molar-refractivity contribution in [3.8, 4) is 5.69 Å². The average Bonchev–Trinajstić information content (AvgIpc) is 3.39. The molecule has 0 radical (unpaired) electrons. The smallest absolute Gasteiger partial charge is 0.254 e. The van der Waals surface area contributed by atoms with Gasteiger partial charge in [-0.25, -0.2) is 0 Å². The van der Waals surface area contributed by atoms with E-state index in [1.54, 1.807) is 4.90 Å². The van der Waals surface area contributed by atoms with Crippen LogP contribution in [0.2, 0.25) is 0 Å². The Kier molecular flexibility index (Phi) is 5.01. The van der Waals surface area contributed by atoms with Gasteiger partial charge in [-0.3, -0.25) is 9.59 Å². The first-order valence-electron chi connectivity index (χ1n) is 9.96. The molecule has 4 rings (SSSR count). The van der Waals surface area contributed by atoms with Crippen molar-refractivity contribution in [1.29, 1.82) is 0 Å². The Labute approximate surface area is 160 Å². The summed E-state index contributed by atoms with van der Waals surface area (Å²) in [5.41, 5.74) is 1.60. The summed E-state index contributed by atoms with van der Waals surface area (Å²) in [6, 6.07) is 11.3. The van der Waals surface area contributed by atoms with Gasteiger partial charge in [0, 0.05) is 43.3 Å². The van der Waals surface area contributed by atoms with E-state index in [1.165, 1.54) is 0 Å². The first-order valence-corrected chi connectivity index (χ1v) is 9.96. The summed E-state index contributed by atoms with van der Waals surface area (Å²) < 4.78 is 1.98. The first kappa shape index (κ1) is 17.8. The molecule has 142 valence electrons. The number of amides is 2. The molecule has 2 fully saturated rings. The number of carbonyl (C=O) groups excluding carboxylic acids is 2. The molecule has 0 bridgehead atoms. The average molecular weight is 365 g/mol. The van der Waals surface area contributed by atoms with Crippen molar-refractivity contribution in [2.75, 3.05) is 19.6 Å². The lowest BCUT2D eigenvalue weighted by Gasteiger charge is -2.34. The fraction of sp³-hybridized carbons (Fsp3) is 0.455. The lowest BCUT2D eigenvalue weighted by molar-refractivity contribution is -0.136. The van der Waals surface area contributed by atoms with E-state index in [0.717, 1.165) is 44.5 Å². The lowest BCUT2D eigenvalue weighted by Crippen LogP contribution is -2.49. The molecule has 2 saturated heterocycles. The number of nitrogens with zero attached hydrogens (tertiary/aromatic N) is 3. The van der Waals surface area contributed by atoms with Crippen LogP contribution in [0.4, 0.5) is 0 Å². The number of hydrogen-bond donors (Lipinski definition) is 0. The van der Waals surface area contributed by atoms with Gasteiger partial charge in [0.15, 0.2) is 0 Å². The van der Waals surface area contributed by atoms with Crippen molar-refractivity contribution >= 4 is 11.8 Å². The van der Waals surface area contributed by atoms with Crippen LogP contribution in [0.5, 0.6) is 0 Å². The van der Waals surface area contributed by atoms with Gasteiger partial charge < -0.3 is 14.4 Å². The number of hydrogen-bond acceptors (Lipinski definition) is 2. The highest BCUT2D eigenvalue weighted by Gasteiger charge is 2.37. The Morgan fingerprint density at radius 1 is 0.963 bits per heavy atom. The molecular formula is C22H27N3O2. The summed E-state index contributed by atoms with van der Waals surface area (Å²) in [4.78, 5) is 30.0. The third-order valence-corrected chi connectivity index (χ3v) is 5.89. The molecule has 0 unspecified atom stereocenters. The molecule has 2 amide bonds. The predicted molar refractivity (Wildman–Crippen MR) is 105 cm³/mol. The lowest BCUT2D eigenvalue weighted by atomic mass is 9.98. The Morgan fingerprint density at radius 3 is 2.44 bits per heavy atom. The molecule has 27 heavy (non-hydrogen) atoms.